The molecule has 122 valence electrons. The lowest BCUT2D eigenvalue weighted by atomic mass is 9.91. The first-order valence-electron chi connectivity index (χ1n) is 7.98. The van der Waals surface area contributed by atoms with E-state index in [-0.39, 0.29) is 18.1 Å². The molecule has 1 saturated heterocycles. The van der Waals surface area contributed by atoms with E-state index in [1.165, 1.54) is 11.1 Å². The normalized spacial score (nSPS) is 20.1. The summed E-state index contributed by atoms with van der Waals surface area (Å²) in [5, 5.41) is 0. The first-order chi connectivity index (χ1) is 10.2. The van der Waals surface area contributed by atoms with E-state index in [9.17, 15) is 4.79 Å². The predicted molar refractivity (Wildman–Crippen MR) is 88.8 cm³/mol. The number of carbonyl (C=O) groups is 1. The van der Waals surface area contributed by atoms with E-state index < -0.39 is 5.60 Å². The highest BCUT2D eigenvalue weighted by atomic mass is 16.6. The van der Waals surface area contributed by atoms with Crippen molar-refractivity contribution in [3.05, 3.63) is 34.9 Å². The zero-order valence-electron chi connectivity index (χ0n) is 14.3. The molecule has 22 heavy (non-hydrogen) atoms. The SMILES string of the molecule is Cc1ccc(C(N)C2CCN(C(=O)OC(C)(C)C)C2)cc1C. The molecule has 0 spiro atoms. The van der Waals surface area contributed by atoms with Crippen LogP contribution in [-0.4, -0.2) is 29.7 Å². The number of amides is 1. The Bertz CT molecular complexity index is 549. The highest BCUT2D eigenvalue weighted by Crippen LogP contribution is 2.30. The van der Waals surface area contributed by atoms with Crippen LogP contribution < -0.4 is 5.73 Å². The van der Waals surface area contributed by atoms with E-state index in [0.29, 0.717) is 6.54 Å². The highest BCUT2D eigenvalue weighted by molar-refractivity contribution is 5.68. The minimum atomic E-state index is -0.453. The van der Waals surface area contributed by atoms with Crippen LogP contribution in [0.3, 0.4) is 0 Å². The second-order valence-electron chi connectivity index (χ2n) is 7.34. The van der Waals surface area contributed by atoms with Crippen molar-refractivity contribution in [1.29, 1.82) is 0 Å². The molecule has 1 aliphatic rings. The fourth-order valence-corrected chi connectivity index (χ4v) is 2.82. The van der Waals surface area contributed by atoms with Gasteiger partial charge in [0.2, 0.25) is 0 Å². The monoisotopic (exact) mass is 304 g/mol. The second-order valence-corrected chi connectivity index (χ2v) is 7.34. The van der Waals surface area contributed by atoms with E-state index in [1.807, 2.05) is 20.8 Å². The quantitative estimate of drug-likeness (QED) is 0.909. The van der Waals surface area contributed by atoms with Crippen LogP contribution in [0.25, 0.3) is 0 Å². The maximum absolute atomic E-state index is 12.1. The van der Waals surface area contributed by atoms with Crippen LogP contribution in [0.2, 0.25) is 0 Å². The van der Waals surface area contributed by atoms with E-state index in [1.54, 1.807) is 4.90 Å². The standard InChI is InChI=1S/C18H28N2O2/c1-12-6-7-14(10-13(12)2)16(19)15-8-9-20(11-15)17(21)22-18(3,4)5/h6-7,10,15-16H,8-9,11,19H2,1-5H3. The topological polar surface area (TPSA) is 55.6 Å². The summed E-state index contributed by atoms with van der Waals surface area (Å²) in [6.45, 7) is 11.3. The third-order valence-corrected chi connectivity index (χ3v) is 4.30. The summed E-state index contributed by atoms with van der Waals surface area (Å²) < 4.78 is 5.44. The molecule has 0 aromatic heterocycles. The Kier molecular flexibility index (Phi) is 4.81. The minimum Gasteiger partial charge on any atom is -0.444 e. The molecule has 1 aliphatic heterocycles. The van der Waals surface area contributed by atoms with Crippen molar-refractivity contribution >= 4 is 6.09 Å². The van der Waals surface area contributed by atoms with Gasteiger partial charge in [-0.05, 0) is 63.6 Å². The second kappa shape index (κ2) is 6.29. The molecule has 2 atom stereocenters. The molecule has 1 aromatic rings. The van der Waals surface area contributed by atoms with Gasteiger partial charge >= 0.3 is 6.09 Å². The number of likely N-dealkylation sites (tertiary alicyclic amines) is 1. The molecule has 1 heterocycles. The molecule has 4 heteroatoms. The van der Waals surface area contributed by atoms with Crippen molar-refractivity contribution in [1.82, 2.24) is 4.90 Å². The van der Waals surface area contributed by atoms with Gasteiger partial charge in [-0.1, -0.05) is 18.2 Å². The van der Waals surface area contributed by atoms with Crippen molar-refractivity contribution in [2.24, 2.45) is 11.7 Å². The fourth-order valence-electron chi connectivity index (χ4n) is 2.82. The summed E-state index contributed by atoms with van der Waals surface area (Å²) in [6, 6.07) is 6.34. The van der Waals surface area contributed by atoms with Crippen LogP contribution in [0.1, 0.15) is 49.9 Å². The van der Waals surface area contributed by atoms with Crippen LogP contribution in [0.5, 0.6) is 0 Å². The Hall–Kier alpha value is -1.55. The van der Waals surface area contributed by atoms with Crippen molar-refractivity contribution in [3.8, 4) is 0 Å². The van der Waals surface area contributed by atoms with Crippen molar-refractivity contribution < 1.29 is 9.53 Å². The van der Waals surface area contributed by atoms with Crippen LogP contribution in [0, 0.1) is 19.8 Å². The molecule has 1 fully saturated rings. The van der Waals surface area contributed by atoms with Gasteiger partial charge in [-0.15, -0.1) is 0 Å². The number of hydrogen-bond donors (Lipinski definition) is 1. The van der Waals surface area contributed by atoms with Crippen LogP contribution >= 0.6 is 0 Å². The van der Waals surface area contributed by atoms with Gasteiger partial charge in [-0.25, -0.2) is 4.79 Å². The Labute approximate surface area is 133 Å². The average molecular weight is 304 g/mol. The van der Waals surface area contributed by atoms with E-state index in [0.717, 1.165) is 18.5 Å². The lowest BCUT2D eigenvalue weighted by Gasteiger charge is -2.25. The molecule has 1 aromatic carbocycles. The van der Waals surface area contributed by atoms with Gasteiger partial charge in [-0.3, -0.25) is 0 Å². The summed E-state index contributed by atoms with van der Waals surface area (Å²) in [7, 11) is 0. The van der Waals surface area contributed by atoms with Gasteiger partial charge in [0.15, 0.2) is 0 Å². The first-order valence-corrected chi connectivity index (χ1v) is 7.98. The van der Waals surface area contributed by atoms with Crippen molar-refractivity contribution in [3.63, 3.8) is 0 Å². The third kappa shape index (κ3) is 4.01. The summed E-state index contributed by atoms with van der Waals surface area (Å²) in [5.74, 6) is 0.287. The third-order valence-electron chi connectivity index (χ3n) is 4.30. The fraction of sp³-hybridized carbons (Fsp3) is 0.611. The van der Waals surface area contributed by atoms with E-state index >= 15 is 0 Å². The molecular formula is C18H28N2O2. The Morgan fingerprint density at radius 2 is 2.00 bits per heavy atom. The Morgan fingerprint density at radius 1 is 1.32 bits per heavy atom. The molecule has 0 bridgehead atoms. The smallest absolute Gasteiger partial charge is 0.410 e. The summed E-state index contributed by atoms with van der Waals surface area (Å²) >= 11 is 0. The summed E-state index contributed by atoms with van der Waals surface area (Å²) in [5.41, 5.74) is 9.66. The van der Waals surface area contributed by atoms with Gasteiger partial charge in [0, 0.05) is 19.1 Å². The molecule has 0 radical (unpaired) electrons. The van der Waals surface area contributed by atoms with Gasteiger partial charge in [0.05, 0.1) is 0 Å². The van der Waals surface area contributed by atoms with Gasteiger partial charge in [0.1, 0.15) is 5.60 Å². The number of rotatable bonds is 2. The zero-order chi connectivity index (χ0) is 16.5. The number of carbonyl (C=O) groups excluding carboxylic acids is 1. The van der Waals surface area contributed by atoms with Gasteiger partial charge in [0.25, 0.3) is 0 Å². The number of nitrogens with zero attached hydrogens (tertiary/aromatic N) is 1. The van der Waals surface area contributed by atoms with E-state index in [4.69, 9.17) is 10.5 Å². The number of hydrogen-bond acceptors (Lipinski definition) is 3. The largest absolute Gasteiger partial charge is 0.444 e. The number of ether oxygens (including phenoxy) is 1. The van der Waals surface area contributed by atoms with E-state index in [2.05, 4.69) is 32.0 Å². The molecular weight excluding hydrogens is 276 g/mol. The molecule has 2 rings (SSSR count). The highest BCUT2D eigenvalue weighted by Gasteiger charge is 2.33. The summed E-state index contributed by atoms with van der Waals surface area (Å²) in [6.07, 6.45) is 0.690. The molecule has 0 saturated carbocycles. The lowest BCUT2D eigenvalue weighted by Crippen LogP contribution is -2.36. The van der Waals surface area contributed by atoms with Gasteiger partial charge in [-0.2, -0.15) is 0 Å². The average Bonchev–Trinajstić information content (AvgIpc) is 2.89. The number of aryl methyl sites for hydroxylation is 2. The van der Waals surface area contributed by atoms with Crippen molar-refractivity contribution in [2.75, 3.05) is 13.1 Å². The molecule has 2 unspecified atom stereocenters. The maximum Gasteiger partial charge on any atom is 0.410 e. The van der Waals surface area contributed by atoms with Crippen LogP contribution in [0.4, 0.5) is 4.79 Å². The van der Waals surface area contributed by atoms with Crippen LogP contribution in [-0.2, 0) is 4.74 Å². The Morgan fingerprint density at radius 3 is 2.59 bits per heavy atom. The zero-order valence-corrected chi connectivity index (χ0v) is 14.3. The molecule has 0 aliphatic carbocycles. The number of nitrogens with two attached hydrogens (primary N) is 1. The van der Waals surface area contributed by atoms with Gasteiger partial charge < -0.3 is 15.4 Å². The summed E-state index contributed by atoms with van der Waals surface area (Å²) in [4.78, 5) is 13.9. The molecule has 4 nitrogen and oxygen atoms in total. The number of benzene rings is 1. The maximum atomic E-state index is 12.1. The predicted octanol–water partition coefficient (Wildman–Crippen LogP) is 3.56. The first kappa shape index (κ1) is 16.8. The lowest BCUT2D eigenvalue weighted by molar-refractivity contribution is 0.0286. The molecule has 1 amide bonds. The Balaban J connectivity index is 2.00. The van der Waals surface area contributed by atoms with Crippen molar-refractivity contribution in [2.45, 2.75) is 52.7 Å². The minimum absolute atomic E-state index is 0.0354. The molecule has 2 N–H and O–H groups in total. The van der Waals surface area contributed by atoms with Crippen LogP contribution in [0.15, 0.2) is 18.2 Å².